The first-order valence-corrected chi connectivity index (χ1v) is 12.6. The lowest BCUT2D eigenvalue weighted by molar-refractivity contribution is 0.0745. The molecule has 4 rings (SSSR count). The topological polar surface area (TPSA) is 101 Å². The Labute approximate surface area is 222 Å². The summed E-state index contributed by atoms with van der Waals surface area (Å²) >= 11 is 0. The van der Waals surface area contributed by atoms with Crippen molar-refractivity contribution in [1.82, 2.24) is 9.88 Å². The van der Waals surface area contributed by atoms with Crippen LogP contribution in [0.2, 0.25) is 0 Å². The van der Waals surface area contributed by atoms with Gasteiger partial charge in [-0.15, -0.1) is 0 Å². The summed E-state index contributed by atoms with van der Waals surface area (Å²) in [5.41, 5.74) is 1.71. The first kappa shape index (κ1) is 26.6. The fourth-order valence-electron chi connectivity index (χ4n) is 4.13. The molecule has 0 saturated carbocycles. The highest BCUT2D eigenvalue weighted by molar-refractivity contribution is 5.94. The molecule has 3 aromatic rings. The minimum atomic E-state index is -0.0265. The van der Waals surface area contributed by atoms with Gasteiger partial charge in [0.05, 0.1) is 20.8 Å². The van der Waals surface area contributed by atoms with Crippen LogP contribution in [0.25, 0.3) is 12.2 Å². The number of hydrogen-bond acceptors (Lipinski definition) is 8. The second-order valence-corrected chi connectivity index (χ2v) is 8.77. The SMILES string of the molecule is CCCCOc1ccc(C(=O)N2CCN(c3oc(/C=C/c4ccc(OC)c(OC)c4)nc3C#N)CC2)cc1. The average Bonchev–Trinajstić information content (AvgIpc) is 3.39. The van der Waals surface area contributed by atoms with E-state index in [1.54, 1.807) is 32.4 Å². The molecule has 2 aromatic carbocycles. The molecular formula is C29H32N4O5. The highest BCUT2D eigenvalue weighted by atomic mass is 16.5. The lowest BCUT2D eigenvalue weighted by Crippen LogP contribution is -2.48. The predicted octanol–water partition coefficient (Wildman–Crippen LogP) is 4.88. The quantitative estimate of drug-likeness (QED) is 0.352. The van der Waals surface area contributed by atoms with Crippen LogP contribution < -0.4 is 19.1 Å². The van der Waals surface area contributed by atoms with Gasteiger partial charge in [0.15, 0.2) is 11.5 Å². The molecule has 1 amide bonds. The number of amides is 1. The number of nitrogens with zero attached hydrogens (tertiary/aromatic N) is 4. The van der Waals surface area contributed by atoms with Crippen LogP contribution in [0, 0.1) is 11.3 Å². The summed E-state index contributed by atoms with van der Waals surface area (Å²) in [6.07, 6.45) is 5.61. The van der Waals surface area contributed by atoms with Crippen molar-refractivity contribution >= 4 is 23.9 Å². The van der Waals surface area contributed by atoms with Crippen LogP contribution in [-0.2, 0) is 0 Å². The van der Waals surface area contributed by atoms with E-state index in [-0.39, 0.29) is 11.6 Å². The first-order chi connectivity index (χ1) is 18.6. The number of piperazine rings is 1. The number of ether oxygens (including phenoxy) is 3. The van der Waals surface area contributed by atoms with Crippen LogP contribution in [0.3, 0.4) is 0 Å². The van der Waals surface area contributed by atoms with E-state index in [2.05, 4.69) is 18.0 Å². The number of unbranched alkanes of at least 4 members (excludes halogenated alkanes) is 1. The van der Waals surface area contributed by atoms with Gasteiger partial charge in [-0.1, -0.05) is 19.4 Å². The van der Waals surface area contributed by atoms with Crippen molar-refractivity contribution in [2.24, 2.45) is 0 Å². The van der Waals surface area contributed by atoms with Gasteiger partial charge in [0.2, 0.25) is 17.5 Å². The normalized spacial score (nSPS) is 13.4. The highest BCUT2D eigenvalue weighted by Gasteiger charge is 2.26. The summed E-state index contributed by atoms with van der Waals surface area (Å²) in [5, 5.41) is 9.62. The van der Waals surface area contributed by atoms with E-state index in [0.29, 0.717) is 61.6 Å². The monoisotopic (exact) mass is 516 g/mol. The molecular weight excluding hydrogens is 484 g/mol. The summed E-state index contributed by atoms with van der Waals surface area (Å²) in [6.45, 7) is 4.88. The van der Waals surface area contributed by atoms with Gasteiger partial charge >= 0.3 is 0 Å². The van der Waals surface area contributed by atoms with Gasteiger partial charge in [0.1, 0.15) is 11.8 Å². The van der Waals surface area contributed by atoms with Crippen molar-refractivity contribution in [2.75, 3.05) is 51.9 Å². The molecule has 38 heavy (non-hydrogen) atoms. The molecule has 198 valence electrons. The molecule has 2 heterocycles. The van der Waals surface area contributed by atoms with Crippen molar-refractivity contribution in [3.05, 3.63) is 65.2 Å². The standard InChI is InChI=1S/C29H32N4O5/c1-4-5-18-37-23-10-8-22(9-11-23)28(34)32-14-16-33(17-15-32)29-24(20-30)31-27(38-29)13-7-21-6-12-25(35-2)26(19-21)36-3/h6-13,19H,4-5,14-18H2,1-3H3/b13-7+. The van der Waals surface area contributed by atoms with Gasteiger partial charge in [-0.05, 0) is 54.5 Å². The number of anilines is 1. The Balaban J connectivity index is 1.38. The number of nitriles is 1. The van der Waals surface area contributed by atoms with E-state index in [1.165, 1.54) is 0 Å². The van der Waals surface area contributed by atoms with E-state index in [1.807, 2.05) is 46.2 Å². The van der Waals surface area contributed by atoms with E-state index in [4.69, 9.17) is 18.6 Å². The van der Waals surface area contributed by atoms with Crippen LogP contribution in [-0.4, -0.2) is 62.8 Å². The Bertz CT molecular complexity index is 1300. The van der Waals surface area contributed by atoms with Crippen molar-refractivity contribution < 1.29 is 23.4 Å². The number of methoxy groups -OCH3 is 2. The van der Waals surface area contributed by atoms with E-state index in [9.17, 15) is 10.1 Å². The Morgan fingerprint density at radius 1 is 1.05 bits per heavy atom. The van der Waals surface area contributed by atoms with Gasteiger partial charge in [-0.3, -0.25) is 4.79 Å². The largest absolute Gasteiger partial charge is 0.494 e. The molecule has 0 unspecified atom stereocenters. The van der Waals surface area contributed by atoms with E-state index < -0.39 is 0 Å². The molecule has 1 aliphatic heterocycles. The molecule has 0 spiro atoms. The van der Waals surface area contributed by atoms with Gasteiger partial charge in [-0.2, -0.15) is 10.2 Å². The number of aromatic nitrogens is 1. The number of carbonyl (C=O) groups is 1. The van der Waals surface area contributed by atoms with Crippen molar-refractivity contribution in [3.8, 4) is 23.3 Å². The maximum absolute atomic E-state index is 13.0. The molecule has 0 radical (unpaired) electrons. The smallest absolute Gasteiger partial charge is 0.253 e. The minimum Gasteiger partial charge on any atom is -0.494 e. The Kier molecular flexibility index (Phi) is 8.88. The molecule has 1 aromatic heterocycles. The Morgan fingerprint density at radius 2 is 1.79 bits per heavy atom. The number of carbonyl (C=O) groups excluding carboxylic acids is 1. The van der Waals surface area contributed by atoms with Gasteiger partial charge < -0.3 is 28.4 Å². The van der Waals surface area contributed by atoms with E-state index >= 15 is 0 Å². The summed E-state index contributed by atoms with van der Waals surface area (Å²) in [4.78, 5) is 21.1. The zero-order chi connectivity index (χ0) is 26.9. The van der Waals surface area contributed by atoms with Crippen molar-refractivity contribution in [1.29, 1.82) is 5.26 Å². The Hall–Kier alpha value is -4.45. The lowest BCUT2D eigenvalue weighted by atomic mass is 10.1. The fourth-order valence-corrected chi connectivity index (χ4v) is 4.13. The van der Waals surface area contributed by atoms with Crippen LogP contribution in [0.1, 0.15) is 47.3 Å². The van der Waals surface area contributed by atoms with Gasteiger partial charge in [-0.25, -0.2) is 0 Å². The summed E-state index contributed by atoms with van der Waals surface area (Å²) < 4.78 is 22.2. The van der Waals surface area contributed by atoms with Crippen LogP contribution in [0.5, 0.6) is 17.2 Å². The second kappa shape index (κ2) is 12.7. The minimum absolute atomic E-state index is 0.0265. The van der Waals surface area contributed by atoms with Crippen molar-refractivity contribution in [3.63, 3.8) is 0 Å². The first-order valence-electron chi connectivity index (χ1n) is 12.6. The fraction of sp³-hybridized carbons (Fsp3) is 0.345. The third-order valence-corrected chi connectivity index (χ3v) is 6.28. The summed E-state index contributed by atoms with van der Waals surface area (Å²) in [5.74, 6) is 2.74. The Morgan fingerprint density at radius 3 is 2.45 bits per heavy atom. The molecule has 9 nitrogen and oxygen atoms in total. The van der Waals surface area contributed by atoms with Crippen LogP contribution in [0.15, 0.2) is 46.9 Å². The molecule has 1 fully saturated rings. The predicted molar refractivity (Wildman–Crippen MR) is 145 cm³/mol. The third kappa shape index (κ3) is 6.27. The number of rotatable bonds is 10. The lowest BCUT2D eigenvalue weighted by Gasteiger charge is -2.34. The van der Waals surface area contributed by atoms with Crippen LogP contribution in [0.4, 0.5) is 5.88 Å². The van der Waals surface area contributed by atoms with Gasteiger partial charge in [0, 0.05) is 37.8 Å². The van der Waals surface area contributed by atoms with Gasteiger partial charge in [0.25, 0.3) is 5.91 Å². The maximum atomic E-state index is 13.0. The molecule has 1 saturated heterocycles. The molecule has 0 atom stereocenters. The number of benzene rings is 2. The number of oxazole rings is 1. The second-order valence-electron chi connectivity index (χ2n) is 8.77. The zero-order valence-electron chi connectivity index (χ0n) is 22.0. The molecule has 0 aliphatic carbocycles. The zero-order valence-corrected chi connectivity index (χ0v) is 22.0. The summed E-state index contributed by atoms with van der Waals surface area (Å²) in [6, 6.07) is 14.9. The highest BCUT2D eigenvalue weighted by Crippen LogP contribution is 2.29. The molecule has 1 aliphatic rings. The number of hydrogen-bond donors (Lipinski definition) is 0. The molecule has 9 heteroatoms. The van der Waals surface area contributed by atoms with E-state index in [0.717, 1.165) is 24.2 Å². The van der Waals surface area contributed by atoms with Crippen molar-refractivity contribution in [2.45, 2.75) is 19.8 Å². The third-order valence-electron chi connectivity index (χ3n) is 6.28. The molecule has 0 bridgehead atoms. The average molecular weight is 517 g/mol. The molecule has 0 N–H and O–H groups in total. The summed E-state index contributed by atoms with van der Waals surface area (Å²) in [7, 11) is 3.17. The maximum Gasteiger partial charge on any atom is 0.253 e. The van der Waals surface area contributed by atoms with Crippen LogP contribution >= 0.6 is 0 Å².